The molecule has 1 aromatic rings. The molecular weight excluding hydrogens is 197 g/mol. The zero-order valence-corrected chi connectivity index (χ0v) is 7.99. The van der Waals surface area contributed by atoms with Crippen molar-refractivity contribution in [2.75, 3.05) is 0 Å². The van der Waals surface area contributed by atoms with E-state index < -0.39 is 17.4 Å². The Balaban J connectivity index is 3.24. The summed E-state index contributed by atoms with van der Waals surface area (Å²) in [7, 11) is 0. The molecule has 76 valence electrons. The van der Waals surface area contributed by atoms with Crippen molar-refractivity contribution in [1.29, 1.82) is 5.26 Å². The minimum atomic E-state index is -0.528. The molecule has 0 heterocycles. The molecule has 3 nitrogen and oxygen atoms in total. The van der Waals surface area contributed by atoms with E-state index in [0.717, 1.165) is 12.1 Å². The minimum absolute atomic E-state index is 0.239. The van der Waals surface area contributed by atoms with Crippen LogP contribution in [-0.4, -0.2) is 10.9 Å². The largest absolute Gasteiger partial charge is 0.506 e. The summed E-state index contributed by atoms with van der Waals surface area (Å²) in [4.78, 5) is 10.9. The Kier molecular flexibility index (Phi) is 3.19. The Morgan fingerprint density at radius 3 is 2.33 bits per heavy atom. The lowest BCUT2D eigenvalue weighted by Gasteiger charge is -2.01. The lowest BCUT2D eigenvalue weighted by Crippen LogP contribution is -1.99. The SMILES string of the molecule is CC(=O)/C(C#N)=C(\O)c1ccc(F)cc1. The van der Waals surface area contributed by atoms with Crippen LogP contribution in [0.2, 0.25) is 0 Å². The summed E-state index contributed by atoms with van der Waals surface area (Å²) < 4.78 is 12.6. The standard InChI is InChI=1S/C11H8FNO2/c1-7(14)10(6-13)11(15)8-2-4-9(12)5-3-8/h2-5,15H,1H3/b11-10-. The summed E-state index contributed by atoms with van der Waals surface area (Å²) in [5.41, 5.74) is -0.0928. The van der Waals surface area contributed by atoms with Crippen LogP contribution in [-0.2, 0) is 4.79 Å². The molecular formula is C11H8FNO2. The van der Waals surface area contributed by atoms with Gasteiger partial charge in [-0.3, -0.25) is 4.79 Å². The summed E-state index contributed by atoms with van der Waals surface area (Å²) in [6, 6.07) is 6.47. The highest BCUT2D eigenvalue weighted by Crippen LogP contribution is 2.16. The van der Waals surface area contributed by atoms with Crippen molar-refractivity contribution in [3.8, 4) is 6.07 Å². The van der Waals surface area contributed by atoms with Crippen LogP contribution in [0.25, 0.3) is 5.76 Å². The van der Waals surface area contributed by atoms with E-state index in [0.29, 0.717) is 0 Å². The van der Waals surface area contributed by atoms with E-state index in [1.54, 1.807) is 6.07 Å². The number of halogens is 1. The van der Waals surface area contributed by atoms with E-state index in [4.69, 9.17) is 5.26 Å². The molecule has 0 spiro atoms. The number of hydrogen-bond donors (Lipinski definition) is 1. The Morgan fingerprint density at radius 1 is 1.40 bits per heavy atom. The van der Waals surface area contributed by atoms with Crippen LogP contribution in [0.5, 0.6) is 0 Å². The van der Waals surface area contributed by atoms with Crippen molar-refractivity contribution in [3.63, 3.8) is 0 Å². The highest BCUT2D eigenvalue weighted by Gasteiger charge is 2.11. The summed E-state index contributed by atoms with van der Waals surface area (Å²) in [6.45, 7) is 1.18. The van der Waals surface area contributed by atoms with Crippen molar-refractivity contribution in [2.45, 2.75) is 6.92 Å². The first-order valence-electron chi connectivity index (χ1n) is 4.16. The average Bonchev–Trinajstić information content (AvgIpc) is 2.19. The molecule has 0 bridgehead atoms. The highest BCUT2D eigenvalue weighted by atomic mass is 19.1. The van der Waals surface area contributed by atoms with Crippen LogP contribution in [0, 0.1) is 17.1 Å². The van der Waals surface area contributed by atoms with E-state index in [-0.39, 0.29) is 11.1 Å². The van der Waals surface area contributed by atoms with Crippen molar-refractivity contribution in [2.24, 2.45) is 0 Å². The molecule has 1 rings (SSSR count). The molecule has 0 fully saturated rings. The van der Waals surface area contributed by atoms with Crippen molar-refractivity contribution in [1.82, 2.24) is 0 Å². The second kappa shape index (κ2) is 4.38. The Bertz CT molecular complexity index is 454. The number of allylic oxidation sites excluding steroid dienone is 1. The topological polar surface area (TPSA) is 61.1 Å². The fraction of sp³-hybridized carbons (Fsp3) is 0.0909. The molecule has 0 unspecified atom stereocenters. The average molecular weight is 205 g/mol. The molecule has 15 heavy (non-hydrogen) atoms. The van der Waals surface area contributed by atoms with Gasteiger partial charge in [-0.05, 0) is 24.3 Å². The zero-order chi connectivity index (χ0) is 11.4. The number of hydrogen-bond acceptors (Lipinski definition) is 3. The predicted molar refractivity (Wildman–Crippen MR) is 52.2 cm³/mol. The van der Waals surface area contributed by atoms with Crippen LogP contribution < -0.4 is 0 Å². The number of carbonyl (C=O) groups excluding carboxylic acids is 1. The quantitative estimate of drug-likeness (QED) is 0.457. The summed E-state index contributed by atoms with van der Waals surface area (Å²) >= 11 is 0. The Labute approximate surface area is 86.1 Å². The first kappa shape index (κ1) is 10.9. The monoisotopic (exact) mass is 205 g/mol. The molecule has 1 aromatic carbocycles. The van der Waals surface area contributed by atoms with Gasteiger partial charge < -0.3 is 5.11 Å². The zero-order valence-electron chi connectivity index (χ0n) is 7.99. The van der Waals surface area contributed by atoms with E-state index in [1.165, 1.54) is 19.1 Å². The van der Waals surface area contributed by atoms with Gasteiger partial charge in [0.15, 0.2) is 5.78 Å². The maximum absolute atomic E-state index is 12.6. The molecule has 0 amide bonds. The second-order valence-corrected chi connectivity index (χ2v) is 2.90. The fourth-order valence-corrected chi connectivity index (χ4v) is 1.05. The number of rotatable bonds is 2. The van der Waals surface area contributed by atoms with Gasteiger partial charge in [-0.25, -0.2) is 4.39 Å². The molecule has 0 aromatic heterocycles. The highest BCUT2D eigenvalue weighted by molar-refractivity contribution is 6.03. The maximum Gasteiger partial charge on any atom is 0.174 e. The van der Waals surface area contributed by atoms with Gasteiger partial charge in [0.1, 0.15) is 23.2 Å². The molecule has 0 aliphatic carbocycles. The lowest BCUT2D eigenvalue weighted by atomic mass is 10.1. The first-order chi connectivity index (χ1) is 7.06. The van der Waals surface area contributed by atoms with Crippen LogP contribution in [0.4, 0.5) is 4.39 Å². The van der Waals surface area contributed by atoms with E-state index in [2.05, 4.69) is 0 Å². The number of benzene rings is 1. The van der Waals surface area contributed by atoms with Gasteiger partial charge in [0.25, 0.3) is 0 Å². The Morgan fingerprint density at radius 2 is 1.93 bits per heavy atom. The third-order valence-corrected chi connectivity index (χ3v) is 1.82. The molecule has 0 aliphatic heterocycles. The van der Waals surface area contributed by atoms with Gasteiger partial charge in [0, 0.05) is 12.5 Å². The predicted octanol–water partition coefficient (Wildman–Crippen LogP) is 2.21. The molecule has 0 atom stereocenters. The lowest BCUT2D eigenvalue weighted by molar-refractivity contribution is -0.113. The van der Waals surface area contributed by atoms with Crippen LogP contribution >= 0.6 is 0 Å². The molecule has 4 heteroatoms. The Hall–Kier alpha value is -2.15. The summed E-state index contributed by atoms with van der Waals surface area (Å²) in [5, 5.41) is 18.2. The van der Waals surface area contributed by atoms with Gasteiger partial charge in [-0.15, -0.1) is 0 Å². The molecule has 0 saturated heterocycles. The van der Waals surface area contributed by atoms with Crippen LogP contribution in [0.1, 0.15) is 12.5 Å². The second-order valence-electron chi connectivity index (χ2n) is 2.90. The smallest absolute Gasteiger partial charge is 0.174 e. The van der Waals surface area contributed by atoms with Crippen LogP contribution in [0.15, 0.2) is 29.8 Å². The summed E-state index contributed by atoms with van der Waals surface area (Å²) in [6.07, 6.45) is 0. The number of nitriles is 1. The van der Waals surface area contributed by atoms with Gasteiger partial charge in [0.2, 0.25) is 0 Å². The normalized spacial score (nSPS) is 11.5. The first-order valence-corrected chi connectivity index (χ1v) is 4.16. The number of Topliss-reactive ketones (excluding diaryl/α,β-unsaturated/α-hetero) is 1. The van der Waals surface area contributed by atoms with Gasteiger partial charge in [-0.1, -0.05) is 0 Å². The molecule has 0 aliphatic rings. The summed E-state index contributed by atoms with van der Waals surface area (Å²) in [5.74, 6) is -1.41. The van der Waals surface area contributed by atoms with Gasteiger partial charge in [-0.2, -0.15) is 5.26 Å². The van der Waals surface area contributed by atoms with Crippen LogP contribution in [0.3, 0.4) is 0 Å². The van der Waals surface area contributed by atoms with Crippen molar-refractivity contribution in [3.05, 3.63) is 41.2 Å². The fourth-order valence-electron chi connectivity index (χ4n) is 1.05. The number of ketones is 1. The molecule has 0 radical (unpaired) electrons. The van der Waals surface area contributed by atoms with Gasteiger partial charge >= 0.3 is 0 Å². The molecule has 0 saturated carbocycles. The van der Waals surface area contributed by atoms with Crippen molar-refractivity contribution >= 4 is 11.5 Å². The number of aliphatic hydroxyl groups excluding tert-OH is 1. The third kappa shape index (κ3) is 2.41. The number of nitrogens with zero attached hydrogens (tertiary/aromatic N) is 1. The molecule has 1 N–H and O–H groups in total. The third-order valence-electron chi connectivity index (χ3n) is 1.82. The number of carbonyl (C=O) groups is 1. The van der Waals surface area contributed by atoms with E-state index in [1.807, 2.05) is 0 Å². The maximum atomic E-state index is 12.6. The van der Waals surface area contributed by atoms with Gasteiger partial charge in [0.05, 0.1) is 0 Å². The number of aliphatic hydroxyl groups is 1. The van der Waals surface area contributed by atoms with E-state index in [9.17, 15) is 14.3 Å². The van der Waals surface area contributed by atoms with Crippen molar-refractivity contribution < 1.29 is 14.3 Å². The van der Waals surface area contributed by atoms with E-state index >= 15 is 0 Å². The minimum Gasteiger partial charge on any atom is -0.506 e.